The number of hydrogen-bond donors (Lipinski definition) is 1. The van der Waals surface area contributed by atoms with Gasteiger partial charge in [-0.25, -0.2) is 0 Å². The summed E-state index contributed by atoms with van der Waals surface area (Å²) in [5.74, 6) is -2.25. The molecule has 0 aliphatic carbocycles. The third-order valence-electron chi connectivity index (χ3n) is 8.41. The second-order valence-corrected chi connectivity index (χ2v) is 11.7. The van der Waals surface area contributed by atoms with Crippen molar-refractivity contribution in [3.05, 3.63) is 25.3 Å². The Balaban J connectivity index is 2.01. The highest BCUT2D eigenvalue weighted by atomic mass is 16.6. The zero-order valence-electron chi connectivity index (χ0n) is 23.2. The lowest BCUT2D eigenvalue weighted by molar-refractivity contribution is -0.162. The molecule has 1 spiro atoms. The van der Waals surface area contributed by atoms with E-state index in [1.54, 1.807) is 22.0 Å². The predicted octanol–water partition coefficient (Wildman–Crippen LogP) is 3.63. The summed E-state index contributed by atoms with van der Waals surface area (Å²) in [6.45, 7) is 16.5. The number of fused-ring (bicyclic) bond motifs is 1. The molecule has 3 aliphatic rings. The molecule has 0 aromatic heterocycles. The number of carbonyl (C=O) groups is 3. The Kier molecular flexibility index (Phi) is 9.27. The second-order valence-electron chi connectivity index (χ2n) is 11.7. The number of unbranched alkanes of at least 4 members (excludes halogenated alkanes) is 3. The lowest BCUT2D eigenvalue weighted by Crippen LogP contribution is -2.60. The van der Waals surface area contributed by atoms with Gasteiger partial charge in [-0.3, -0.25) is 14.4 Å². The molecule has 3 rings (SSSR count). The van der Waals surface area contributed by atoms with Gasteiger partial charge in [-0.05, 0) is 72.1 Å². The highest BCUT2D eigenvalue weighted by Crippen LogP contribution is 2.64. The summed E-state index contributed by atoms with van der Waals surface area (Å²) in [7, 11) is 0. The largest absolute Gasteiger partial charge is 0.465 e. The Bertz CT molecular complexity index is 882. The summed E-state index contributed by atoms with van der Waals surface area (Å²) >= 11 is 0. The second kappa shape index (κ2) is 11.7. The van der Waals surface area contributed by atoms with Crippen LogP contribution in [-0.2, 0) is 23.9 Å². The Morgan fingerprint density at radius 2 is 1.92 bits per heavy atom. The molecule has 1 N–H and O–H groups in total. The average molecular weight is 519 g/mol. The van der Waals surface area contributed by atoms with E-state index in [0.717, 1.165) is 12.8 Å². The van der Waals surface area contributed by atoms with Crippen molar-refractivity contribution in [2.24, 2.45) is 11.8 Å². The van der Waals surface area contributed by atoms with E-state index >= 15 is 0 Å². The Morgan fingerprint density at radius 3 is 2.51 bits per heavy atom. The van der Waals surface area contributed by atoms with Crippen LogP contribution in [0, 0.1) is 11.8 Å². The third-order valence-corrected chi connectivity index (χ3v) is 8.41. The van der Waals surface area contributed by atoms with Crippen molar-refractivity contribution in [3.63, 3.8) is 0 Å². The Morgan fingerprint density at radius 1 is 1.19 bits per heavy atom. The van der Waals surface area contributed by atoms with E-state index in [-0.39, 0.29) is 25.0 Å². The molecule has 8 heteroatoms. The normalized spacial score (nSPS) is 30.4. The standard InChI is InChI=1S/C29H46N2O6/c1-7-10-14-20-36-26(35)22-21-24(33)30(18-12-11-13-19-32)23(25(34)31(17-8-2)27(4,5)6)29(21)16-15-28(22,9-3)37-29/h7-8,21-23,32H,1-2,9-20H2,3-6H3/t21-,22-,23?,28+,29?/m0/s1. The van der Waals surface area contributed by atoms with Crippen LogP contribution in [0.25, 0.3) is 0 Å². The molecule has 2 unspecified atom stereocenters. The van der Waals surface area contributed by atoms with Crippen LogP contribution in [0.15, 0.2) is 25.3 Å². The number of carbonyl (C=O) groups excluding carboxylic acids is 3. The quantitative estimate of drug-likeness (QED) is 0.214. The van der Waals surface area contributed by atoms with E-state index in [4.69, 9.17) is 9.47 Å². The van der Waals surface area contributed by atoms with E-state index in [2.05, 4.69) is 13.2 Å². The molecule has 208 valence electrons. The molecule has 8 nitrogen and oxygen atoms in total. The summed E-state index contributed by atoms with van der Waals surface area (Å²) in [6.07, 6.45) is 8.65. The number of rotatable bonds is 14. The highest BCUT2D eigenvalue weighted by Gasteiger charge is 2.79. The minimum Gasteiger partial charge on any atom is -0.465 e. The van der Waals surface area contributed by atoms with Crippen LogP contribution in [0.2, 0.25) is 0 Å². The fourth-order valence-electron chi connectivity index (χ4n) is 6.63. The van der Waals surface area contributed by atoms with Gasteiger partial charge in [-0.2, -0.15) is 0 Å². The highest BCUT2D eigenvalue weighted by molar-refractivity contribution is 5.98. The first-order valence-corrected chi connectivity index (χ1v) is 13.9. The number of likely N-dealkylation sites (tertiary alicyclic amines) is 1. The summed E-state index contributed by atoms with van der Waals surface area (Å²) < 4.78 is 12.5. The number of hydrogen-bond acceptors (Lipinski definition) is 6. The summed E-state index contributed by atoms with van der Waals surface area (Å²) in [5.41, 5.74) is -2.35. The molecule has 2 amide bonds. The Hall–Kier alpha value is -2.19. The summed E-state index contributed by atoms with van der Waals surface area (Å²) in [4.78, 5) is 45.3. The van der Waals surface area contributed by atoms with Crippen molar-refractivity contribution in [1.82, 2.24) is 9.80 Å². The molecule has 3 fully saturated rings. The van der Waals surface area contributed by atoms with Crippen LogP contribution < -0.4 is 0 Å². The molecule has 0 aromatic rings. The van der Waals surface area contributed by atoms with Crippen molar-refractivity contribution in [3.8, 4) is 0 Å². The van der Waals surface area contributed by atoms with Gasteiger partial charge in [-0.15, -0.1) is 13.2 Å². The van der Waals surface area contributed by atoms with Crippen LogP contribution in [0.5, 0.6) is 0 Å². The zero-order valence-corrected chi connectivity index (χ0v) is 23.2. The number of amides is 2. The van der Waals surface area contributed by atoms with Crippen LogP contribution in [0.3, 0.4) is 0 Å². The number of allylic oxidation sites excluding steroid dienone is 1. The maximum atomic E-state index is 14.3. The van der Waals surface area contributed by atoms with Gasteiger partial charge in [0.25, 0.3) is 0 Å². The van der Waals surface area contributed by atoms with Gasteiger partial charge in [-0.1, -0.05) is 19.1 Å². The average Bonchev–Trinajstić information content (AvgIpc) is 3.45. The third kappa shape index (κ3) is 5.24. The van der Waals surface area contributed by atoms with Crippen LogP contribution in [0.4, 0.5) is 0 Å². The maximum absolute atomic E-state index is 14.3. The van der Waals surface area contributed by atoms with Crippen LogP contribution >= 0.6 is 0 Å². The molecular formula is C29H46N2O6. The first kappa shape index (κ1) is 29.4. The van der Waals surface area contributed by atoms with Crippen molar-refractivity contribution in [1.29, 1.82) is 0 Å². The molecule has 0 saturated carbocycles. The summed E-state index contributed by atoms with van der Waals surface area (Å²) in [5, 5.41) is 9.22. The summed E-state index contributed by atoms with van der Waals surface area (Å²) in [6, 6.07) is -0.815. The van der Waals surface area contributed by atoms with E-state index < -0.39 is 40.6 Å². The fourth-order valence-corrected chi connectivity index (χ4v) is 6.63. The van der Waals surface area contributed by atoms with Crippen LogP contribution in [-0.4, -0.2) is 81.8 Å². The molecule has 3 aliphatic heterocycles. The topological polar surface area (TPSA) is 96.4 Å². The van der Waals surface area contributed by atoms with Crippen molar-refractivity contribution in [2.45, 2.75) is 102 Å². The number of nitrogens with zero attached hydrogens (tertiary/aromatic N) is 2. The lowest BCUT2D eigenvalue weighted by atomic mass is 9.65. The molecule has 0 radical (unpaired) electrons. The van der Waals surface area contributed by atoms with Gasteiger partial charge in [0.15, 0.2) is 0 Å². The van der Waals surface area contributed by atoms with Gasteiger partial charge in [0.05, 0.1) is 18.1 Å². The first-order valence-electron chi connectivity index (χ1n) is 13.9. The minimum atomic E-state index is -1.06. The lowest BCUT2D eigenvalue weighted by Gasteiger charge is -2.42. The van der Waals surface area contributed by atoms with E-state index in [9.17, 15) is 19.5 Å². The SMILES string of the molecule is C=CCCCOC(=O)[C@@H]1[C@H]2C(=O)N(CCCCCO)C(C(=O)N(CC=C)C(C)(C)C)C23CC[C@@]1(CC)O3. The van der Waals surface area contributed by atoms with Crippen molar-refractivity contribution in [2.75, 3.05) is 26.3 Å². The number of aliphatic hydroxyl groups excluding tert-OH is 1. The smallest absolute Gasteiger partial charge is 0.312 e. The van der Waals surface area contributed by atoms with Crippen molar-refractivity contribution < 1.29 is 29.0 Å². The minimum absolute atomic E-state index is 0.0852. The molecular weight excluding hydrogens is 472 g/mol. The first-order chi connectivity index (χ1) is 17.5. The predicted molar refractivity (Wildman–Crippen MR) is 142 cm³/mol. The monoisotopic (exact) mass is 518 g/mol. The van der Waals surface area contributed by atoms with Gasteiger partial charge < -0.3 is 24.4 Å². The molecule has 2 bridgehead atoms. The Labute approximate surface area is 222 Å². The molecule has 0 aromatic carbocycles. The van der Waals surface area contributed by atoms with E-state index in [1.807, 2.05) is 27.7 Å². The molecule has 5 atom stereocenters. The number of ether oxygens (including phenoxy) is 2. The number of aliphatic hydroxyl groups is 1. The van der Waals surface area contributed by atoms with Gasteiger partial charge >= 0.3 is 5.97 Å². The fraction of sp³-hybridized carbons (Fsp3) is 0.759. The van der Waals surface area contributed by atoms with Gasteiger partial charge in [0.2, 0.25) is 11.8 Å². The van der Waals surface area contributed by atoms with E-state index in [0.29, 0.717) is 51.6 Å². The van der Waals surface area contributed by atoms with Gasteiger partial charge in [0.1, 0.15) is 17.6 Å². The van der Waals surface area contributed by atoms with Crippen molar-refractivity contribution >= 4 is 17.8 Å². The molecule has 3 saturated heterocycles. The zero-order chi connectivity index (χ0) is 27.4. The molecule has 3 heterocycles. The maximum Gasteiger partial charge on any atom is 0.312 e. The van der Waals surface area contributed by atoms with Gasteiger partial charge in [0, 0.05) is 25.2 Å². The molecule has 37 heavy (non-hydrogen) atoms. The number of esters is 1. The van der Waals surface area contributed by atoms with E-state index in [1.165, 1.54) is 0 Å². The van der Waals surface area contributed by atoms with Crippen LogP contribution in [0.1, 0.15) is 79.1 Å².